The summed E-state index contributed by atoms with van der Waals surface area (Å²) in [7, 11) is 0. The Labute approximate surface area is 167 Å². The van der Waals surface area contributed by atoms with Crippen molar-refractivity contribution in [3.63, 3.8) is 0 Å². The number of hydrogen-bond donors (Lipinski definition) is 1. The van der Waals surface area contributed by atoms with E-state index in [1.165, 1.54) is 44.6 Å². The van der Waals surface area contributed by atoms with Gasteiger partial charge in [-0.2, -0.15) is 0 Å². The van der Waals surface area contributed by atoms with Gasteiger partial charge in [0.05, 0.1) is 12.2 Å². The van der Waals surface area contributed by atoms with Crippen molar-refractivity contribution >= 4 is 11.6 Å². The Bertz CT molecular complexity index is 693. The predicted octanol–water partition coefficient (Wildman–Crippen LogP) is 3.28. The van der Waals surface area contributed by atoms with Crippen LogP contribution < -0.4 is 10.2 Å². The average molecular weight is 386 g/mol. The van der Waals surface area contributed by atoms with Crippen molar-refractivity contribution in [2.24, 2.45) is 23.2 Å². The molecule has 0 aromatic heterocycles. The summed E-state index contributed by atoms with van der Waals surface area (Å²) in [5.41, 5.74) is 1.07. The molecule has 28 heavy (non-hydrogen) atoms. The van der Waals surface area contributed by atoms with Gasteiger partial charge >= 0.3 is 0 Å². The number of hydrogen-bond acceptors (Lipinski definition) is 3. The maximum Gasteiger partial charge on any atom is 0.234 e. The van der Waals surface area contributed by atoms with E-state index in [2.05, 4.69) is 15.1 Å². The fourth-order valence-electron chi connectivity index (χ4n) is 6.91. The Kier molecular flexibility index (Phi) is 4.82. The number of rotatable bonds is 5. The SMILES string of the molecule is O=C(CN1CCN(c2ccccc2F)CC1)NCC12CC3CC(CC(C3)C1)C2. The maximum atomic E-state index is 14.0. The lowest BCUT2D eigenvalue weighted by Crippen LogP contribution is -2.53. The second-order valence-electron chi connectivity index (χ2n) is 9.91. The molecule has 0 unspecified atom stereocenters. The topological polar surface area (TPSA) is 35.6 Å². The summed E-state index contributed by atoms with van der Waals surface area (Å²) in [5, 5.41) is 3.28. The van der Waals surface area contributed by atoms with E-state index in [-0.39, 0.29) is 11.7 Å². The van der Waals surface area contributed by atoms with Crippen molar-refractivity contribution in [3.8, 4) is 0 Å². The lowest BCUT2D eigenvalue weighted by atomic mass is 9.49. The summed E-state index contributed by atoms with van der Waals surface area (Å²) < 4.78 is 14.0. The van der Waals surface area contributed by atoms with E-state index < -0.39 is 0 Å². The van der Waals surface area contributed by atoms with Crippen LogP contribution in [0.15, 0.2) is 24.3 Å². The van der Waals surface area contributed by atoms with Gasteiger partial charge in [0.25, 0.3) is 0 Å². The lowest BCUT2D eigenvalue weighted by Gasteiger charge is -2.57. The number of carbonyl (C=O) groups is 1. The number of nitrogens with zero attached hydrogens (tertiary/aromatic N) is 2. The Morgan fingerprint density at radius 3 is 2.21 bits per heavy atom. The van der Waals surface area contributed by atoms with E-state index in [0.29, 0.717) is 17.6 Å². The third-order valence-electron chi connectivity index (χ3n) is 7.76. The largest absolute Gasteiger partial charge is 0.367 e. The molecule has 4 aliphatic carbocycles. The smallest absolute Gasteiger partial charge is 0.234 e. The number of carbonyl (C=O) groups excluding carboxylic acids is 1. The van der Waals surface area contributed by atoms with Crippen LogP contribution in [0.1, 0.15) is 38.5 Å². The molecule has 4 saturated carbocycles. The third-order valence-corrected chi connectivity index (χ3v) is 7.76. The van der Waals surface area contributed by atoms with Crippen molar-refractivity contribution in [2.45, 2.75) is 38.5 Å². The van der Waals surface area contributed by atoms with E-state index in [1.54, 1.807) is 6.07 Å². The highest BCUT2D eigenvalue weighted by atomic mass is 19.1. The number of amides is 1. The van der Waals surface area contributed by atoms with E-state index >= 15 is 0 Å². The second kappa shape index (κ2) is 7.33. The van der Waals surface area contributed by atoms with Crippen LogP contribution in [-0.2, 0) is 4.79 Å². The van der Waals surface area contributed by atoms with Gasteiger partial charge in [-0.15, -0.1) is 0 Å². The van der Waals surface area contributed by atoms with Crippen molar-refractivity contribution in [1.29, 1.82) is 0 Å². The highest BCUT2D eigenvalue weighted by molar-refractivity contribution is 5.78. The van der Waals surface area contributed by atoms with Gasteiger partial charge in [0.15, 0.2) is 0 Å². The molecule has 1 N–H and O–H groups in total. The first-order valence-corrected chi connectivity index (χ1v) is 11.1. The summed E-state index contributed by atoms with van der Waals surface area (Å²) in [6.07, 6.45) is 8.33. The quantitative estimate of drug-likeness (QED) is 0.845. The molecule has 152 valence electrons. The van der Waals surface area contributed by atoms with Crippen LogP contribution in [0, 0.1) is 29.0 Å². The normalized spacial score (nSPS) is 34.6. The molecule has 1 aromatic carbocycles. The summed E-state index contributed by atoms with van der Waals surface area (Å²) in [6, 6.07) is 6.95. The molecule has 4 bridgehead atoms. The highest BCUT2D eigenvalue weighted by Crippen LogP contribution is 2.59. The molecule has 1 heterocycles. The summed E-state index contributed by atoms with van der Waals surface area (Å²) in [6.45, 7) is 4.49. The first-order chi connectivity index (χ1) is 13.6. The third kappa shape index (κ3) is 3.66. The number of nitrogens with one attached hydrogen (secondary N) is 1. The van der Waals surface area contributed by atoms with E-state index in [9.17, 15) is 9.18 Å². The van der Waals surface area contributed by atoms with Crippen LogP contribution >= 0.6 is 0 Å². The van der Waals surface area contributed by atoms with Crippen LogP contribution in [0.4, 0.5) is 10.1 Å². The molecule has 5 heteroatoms. The Hall–Kier alpha value is -1.62. The van der Waals surface area contributed by atoms with E-state index in [0.717, 1.165) is 50.5 Å². The number of halogens is 1. The summed E-state index contributed by atoms with van der Waals surface area (Å²) >= 11 is 0. The number of anilines is 1. The van der Waals surface area contributed by atoms with Crippen molar-refractivity contribution in [1.82, 2.24) is 10.2 Å². The molecule has 4 nitrogen and oxygen atoms in total. The van der Waals surface area contributed by atoms with Crippen LogP contribution in [0.2, 0.25) is 0 Å². The molecule has 0 radical (unpaired) electrons. The molecule has 0 atom stereocenters. The Morgan fingerprint density at radius 1 is 1.00 bits per heavy atom. The number of para-hydroxylation sites is 1. The van der Waals surface area contributed by atoms with Crippen molar-refractivity contribution in [3.05, 3.63) is 30.1 Å². The Balaban J connectivity index is 1.09. The average Bonchev–Trinajstić information content (AvgIpc) is 2.67. The number of piperazine rings is 1. The zero-order valence-electron chi connectivity index (χ0n) is 16.7. The standard InChI is InChI=1S/C23H32FN3O/c24-20-3-1-2-4-21(20)27-7-5-26(6-8-27)15-22(28)25-16-23-12-17-9-18(13-23)11-19(10-17)14-23/h1-4,17-19H,5-16H2,(H,25,28). The molecule has 5 fully saturated rings. The minimum Gasteiger partial charge on any atom is -0.367 e. The minimum absolute atomic E-state index is 0.162. The summed E-state index contributed by atoms with van der Waals surface area (Å²) in [4.78, 5) is 16.9. The van der Waals surface area contributed by atoms with Gasteiger partial charge in [0, 0.05) is 32.7 Å². The van der Waals surface area contributed by atoms with E-state index in [4.69, 9.17) is 0 Å². The van der Waals surface area contributed by atoms with Crippen LogP contribution in [-0.4, -0.2) is 50.1 Å². The fraction of sp³-hybridized carbons (Fsp3) is 0.696. The van der Waals surface area contributed by atoms with Crippen molar-refractivity contribution < 1.29 is 9.18 Å². The van der Waals surface area contributed by atoms with Gasteiger partial charge in [0.2, 0.25) is 5.91 Å². The first-order valence-electron chi connectivity index (χ1n) is 11.1. The predicted molar refractivity (Wildman–Crippen MR) is 109 cm³/mol. The van der Waals surface area contributed by atoms with Crippen LogP contribution in [0.5, 0.6) is 0 Å². The molecule has 5 aliphatic rings. The van der Waals surface area contributed by atoms with Gasteiger partial charge < -0.3 is 10.2 Å². The van der Waals surface area contributed by atoms with Crippen LogP contribution in [0.3, 0.4) is 0 Å². The Morgan fingerprint density at radius 2 is 1.61 bits per heavy atom. The van der Waals surface area contributed by atoms with E-state index in [1.807, 2.05) is 12.1 Å². The molecule has 1 amide bonds. The van der Waals surface area contributed by atoms with Gasteiger partial charge in [-0.3, -0.25) is 9.69 Å². The zero-order chi connectivity index (χ0) is 19.1. The fourth-order valence-corrected chi connectivity index (χ4v) is 6.91. The highest BCUT2D eigenvalue weighted by Gasteiger charge is 2.50. The van der Waals surface area contributed by atoms with Gasteiger partial charge in [-0.05, 0) is 73.8 Å². The first kappa shape index (κ1) is 18.4. The van der Waals surface area contributed by atoms with Crippen LogP contribution in [0.25, 0.3) is 0 Å². The van der Waals surface area contributed by atoms with Crippen molar-refractivity contribution in [2.75, 3.05) is 44.2 Å². The molecule has 1 aliphatic heterocycles. The molecule has 0 spiro atoms. The molecule has 1 aromatic rings. The lowest BCUT2D eigenvalue weighted by molar-refractivity contribution is -0.124. The van der Waals surface area contributed by atoms with Gasteiger partial charge in [-0.25, -0.2) is 4.39 Å². The van der Waals surface area contributed by atoms with Gasteiger partial charge in [-0.1, -0.05) is 12.1 Å². The molecular weight excluding hydrogens is 353 g/mol. The minimum atomic E-state index is -0.163. The second-order valence-corrected chi connectivity index (χ2v) is 9.91. The summed E-state index contributed by atoms with van der Waals surface area (Å²) in [5.74, 6) is 2.78. The molecule has 6 rings (SSSR count). The van der Waals surface area contributed by atoms with Gasteiger partial charge in [0.1, 0.15) is 5.82 Å². The number of benzene rings is 1. The molecular formula is C23H32FN3O. The maximum absolute atomic E-state index is 14.0. The zero-order valence-corrected chi connectivity index (χ0v) is 16.7. The molecule has 1 saturated heterocycles. The monoisotopic (exact) mass is 385 g/mol.